The van der Waals surface area contributed by atoms with E-state index in [1.807, 2.05) is 43.3 Å². The first-order chi connectivity index (χ1) is 36.2. The van der Waals surface area contributed by atoms with Gasteiger partial charge in [-0.15, -0.1) is 0 Å². The maximum atomic E-state index is 13.7. The van der Waals surface area contributed by atoms with Gasteiger partial charge in [-0.1, -0.05) is 31.9 Å². The van der Waals surface area contributed by atoms with Crippen molar-refractivity contribution in [2.24, 2.45) is 0 Å². The number of benzene rings is 2. The molecule has 1 aliphatic heterocycles. The second-order valence-corrected chi connectivity index (χ2v) is 19.0. The molecule has 26 heteroatoms. The molecule has 0 radical (unpaired) electrons. The normalized spacial score (nSPS) is 17.6. The number of likely N-dealkylation sites (N-methyl/N-ethyl adjacent to an activating group) is 1. The van der Waals surface area contributed by atoms with Crippen molar-refractivity contribution in [3.05, 3.63) is 59.4 Å². The number of carbonyl (C=O) groups excluding carboxylic acids is 6. The monoisotopic (exact) mass is 1070 g/mol. The van der Waals surface area contributed by atoms with E-state index in [0.717, 1.165) is 22.3 Å². The first kappa shape index (κ1) is 62.6. The number of aromatic amines is 1. The lowest BCUT2D eigenvalue weighted by Crippen LogP contribution is -2.53. The van der Waals surface area contributed by atoms with Crippen LogP contribution >= 0.6 is 0 Å². The van der Waals surface area contributed by atoms with E-state index in [-0.39, 0.29) is 57.1 Å². The highest BCUT2D eigenvalue weighted by molar-refractivity contribution is 5.95. The minimum atomic E-state index is -1.93. The summed E-state index contributed by atoms with van der Waals surface area (Å²) in [6.07, 6.45) is -12.7. The predicted octanol–water partition coefficient (Wildman–Crippen LogP) is -4.22. The van der Waals surface area contributed by atoms with Gasteiger partial charge in [0.05, 0.1) is 49.0 Å². The van der Waals surface area contributed by atoms with Crippen LogP contribution in [-0.2, 0) is 37.1 Å². The zero-order valence-electron chi connectivity index (χ0n) is 43.2. The van der Waals surface area contributed by atoms with E-state index in [1.54, 1.807) is 22.9 Å². The molecule has 76 heavy (non-hydrogen) atoms. The molecule has 0 saturated heterocycles. The minimum Gasteiger partial charge on any atom is -0.394 e. The molecule has 26 nitrogen and oxygen atoms in total. The Morgan fingerprint density at radius 1 is 0.750 bits per heavy atom. The highest BCUT2D eigenvalue weighted by Gasteiger charge is 2.33. The van der Waals surface area contributed by atoms with E-state index in [2.05, 4.69) is 41.9 Å². The molecule has 0 fully saturated rings. The highest BCUT2D eigenvalue weighted by Crippen LogP contribution is 2.27. The molecule has 0 spiro atoms. The van der Waals surface area contributed by atoms with Crippen LogP contribution in [0.1, 0.15) is 86.5 Å². The Bertz CT molecular complexity index is 2310. The van der Waals surface area contributed by atoms with Crippen LogP contribution in [0.4, 0.5) is 5.69 Å². The van der Waals surface area contributed by atoms with Gasteiger partial charge in [0.2, 0.25) is 29.5 Å². The van der Waals surface area contributed by atoms with Crippen molar-refractivity contribution < 1.29 is 79.8 Å². The molecule has 0 saturated carbocycles. The fourth-order valence-electron chi connectivity index (χ4n) is 8.41. The number of unbranched alkanes of at least 4 members (excludes halogenated alkanes) is 3. The number of nitrogens with one attached hydrogen (secondary N) is 7. The smallest absolute Gasteiger partial charge is 0.254 e. The molecule has 2 heterocycles. The van der Waals surface area contributed by atoms with Crippen molar-refractivity contribution in [3.8, 4) is 0 Å². The SMILES string of the molecule is CC[C@@H]1Nc2ccc(C(=O)N(C)Cc3nc4ccccc4[nH]3)cc2CN(CCCCCCNC(=O)[C@H](CCC(=O)NCC(O)[C@H](O)[C@@H](O)C(O)CO)NC(=O)[C@H](CCC(=O)NC[C@@H](O)[C@@H](O)[C@H](O)C(O)CO)NC)C1=O. The molecule has 0 bridgehead atoms. The van der Waals surface area contributed by atoms with Gasteiger partial charge in [0.15, 0.2) is 0 Å². The molecule has 2 aromatic carbocycles. The van der Waals surface area contributed by atoms with Crippen molar-refractivity contribution in [3.63, 3.8) is 0 Å². The lowest BCUT2D eigenvalue weighted by molar-refractivity contribution is -0.132. The number of H-pyrrole nitrogens is 1. The fourth-order valence-corrected chi connectivity index (χ4v) is 8.41. The molecular formula is C50H78N10O16. The number of aliphatic hydroxyl groups is 10. The summed E-state index contributed by atoms with van der Waals surface area (Å²) in [6.45, 7) is 0.169. The third-order valence-electron chi connectivity index (χ3n) is 13.2. The zero-order chi connectivity index (χ0) is 56.1. The Hall–Kier alpha value is -5.91. The Labute approximate surface area is 440 Å². The van der Waals surface area contributed by atoms with E-state index in [9.17, 15) is 69.6 Å². The number of rotatable bonds is 33. The predicted molar refractivity (Wildman–Crippen MR) is 274 cm³/mol. The van der Waals surface area contributed by atoms with E-state index in [0.29, 0.717) is 50.0 Å². The molecule has 3 unspecified atom stereocenters. The molecule has 4 rings (SSSR count). The molecule has 11 atom stereocenters. The van der Waals surface area contributed by atoms with Crippen LogP contribution < -0.4 is 31.9 Å². The zero-order valence-corrected chi connectivity index (χ0v) is 43.2. The number of amides is 6. The second-order valence-electron chi connectivity index (χ2n) is 19.0. The number of anilines is 1. The van der Waals surface area contributed by atoms with Crippen molar-refractivity contribution in [1.82, 2.24) is 46.4 Å². The lowest BCUT2D eigenvalue weighted by Gasteiger charge is -2.26. The Balaban J connectivity index is 1.30. The first-order valence-electron chi connectivity index (χ1n) is 25.6. The number of nitrogens with zero attached hydrogens (tertiary/aromatic N) is 3. The average Bonchev–Trinajstić information content (AvgIpc) is 3.78. The summed E-state index contributed by atoms with van der Waals surface area (Å²) in [5.41, 5.74) is 3.72. The fraction of sp³-hybridized carbons (Fsp3) is 0.620. The largest absolute Gasteiger partial charge is 0.394 e. The van der Waals surface area contributed by atoms with Gasteiger partial charge in [-0.3, -0.25) is 28.8 Å². The van der Waals surface area contributed by atoms with Gasteiger partial charge in [-0.2, -0.15) is 0 Å². The maximum absolute atomic E-state index is 13.7. The molecule has 424 valence electrons. The Kier molecular flexibility index (Phi) is 25.8. The quantitative estimate of drug-likeness (QED) is 0.0257. The Morgan fingerprint density at radius 3 is 1.91 bits per heavy atom. The summed E-state index contributed by atoms with van der Waals surface area (Å²) in [7, 11) is 3.13. The summed E-state index contributed by atoms with van der Waals surface area (Å²) in [4.78, 5) is 91.0. The van der Waals surface area contributed by atoms with Crippen LogP contribution in [0.25, 0.3) is 11.0 Å². The summed E-state index contributed by atoms with van der Waals surface area (Å²) < 4.78 is 0. The number of aromatic nitrogens is 2. The number of hydrogen-bond acceptors (Lipinski definition) is 19. The standard InChI is InChI=1S/C50H78N10O16/c1-4-30-50(76)60(24-29-21-28(13-14-31(29)55-30)49(75)59(3)25-40-56-32-11-7-8-12-33(32)57-40)20-10-6-5-9-19-52-47(73)35(16-18-42(68)54-23-37(64)44(70)46(72)39(66)27-62)58-48(74)34(51-2)15-17-41(67)53-22-36(63)43(69)45(71)38(65)26-61/h7-8,11-14,21,30,34-39,43-46,51,55,61-66,69-72H,4-6,9-10,15-20,22-27H2,1-3H3,(H,52,73)(H,53,67)(H,54,68)(H,56,57)(H,58,74)/t30-,34-,35-,36+,37?,38?,39?,43+,44-,45+,46-/m0/s1. The van der Waals surface area contributed by atoms with E-state index >= 15 is 0 Å². The van der Waals surface area contributed by atoms with Gasteiger partial charge in [0, 0.05) is 63.9 Å². The van der Waals surface area contributed by atoms with E-state index < -0.39 is 117 Å². The second kappa shape index (κ2) is 31.3. The van der Waals surface area contributed by atoms with Crippen molar-refractivity contribution in [1.29, 1.82) is 0 Å². The van der Waals surface area contributed by atoms with E-state index in [4.69, 9.17) is 10.2 Å². The molecule has 17 N–H and O–H groups in total. The van der Waals surface area contributed by atoms with Crippen LogP contribution in [0.3, 0.4) is 0 Å². The molecule has 1 aliphatic rings. The molecular weight excluding hydrogens is 997 g/mol. The van der Waals surface area contributed by atoms with Crippen LogP contribution in [-0.4, -0.2) is 227 Å². The summed E-state index contributed by atoms with van der Waals surface area (Å²) in [6, 6.07) is 10.2. The van der Waals surface area contributed by atoms with Gasteiger partial charge in [0.25, 0.3) is 5.91 Å². The number of carbonyl (C=O) groups is 6. The molecule has 1 aromatic heterocycles. The van der Waals surface area contributed by atoms with Crippen LogP contribution in [0.5, 0.6) is 0 Å². The summed E-state index contributed by atoms with van der Waals surface area (Å²) in [5.74, 6) is -2.36. The number of aliphatic hydroxyl groups excluding tert-OH is 10. The number of hydrogen-bond donors (Lipinski definition) is 17. The average molecular weight is 1080 g/mol. The van der Waals surface area contributed by atoms with Gasteiger partial charge in [0.1, 0.15) is 54.5 Å². The van der Waals surface area contributed by atoms with E-state index in [1.165, 1.54) is 7.05 Å². The lowest BCUT2D eigenvalue weighted by atomic mass is 10.0. The van der Waals surface area contributed by atoms with Gasteiger partial charge < -0.3 is 97.7 Å². The van der Waals surface area contributed by atoms with Gasteiger partial charge in [-0.25, -0.2) is 4.98 Å². The third-order valence-corrected chi connectivity index (χ3v) is 13.2. The van der Waals surface area contributed by atoms with Gasteiger partial charge in [-0.05, 0) is 75.0 Å². The number of para-hydroxylation sites is 2. The van der Waals surface area contributed by atoms with Crippen molar-refractivity contribution >= 4 is 52.2 Å². The summed E-state index contributed by atoms with van der Waals surface area (Å²) >= 11 is 0. The first-order valence-corrected chi connectivity index (χ1v) is 25.6. The number of imidazole rings is 1. The van der Waals surface area contributed by atoms with Crippen LogP contribution in [0, 0.1) is 0 Å². The Morgan fingerprint density at radius 2 is 1.33 bits per heavy atom. The highest BCUT2D eigenvalue weighted by atomic mass is 16.4. The van der Waals surface area contributed by atoms with Crippen molar-refractivity contribution in [2.45, 2.75) is 145 Å². The summed E-state index contributed by atoms with van der Waals surface area (Å²) in [5, 5.41) is 114. The number of fused-ring (bicyclic) bond motifs is 2. The van der Waals surface area contributed by atoms with Gasteiger partial charge >= 0.3 is 0 Å². The third kappa shape index (κ3) is 18.7. The molecule has 3 aromatic rings. The van der Waals surface area contributed by atoms with Crippen LogP contribution in [0.2, 0.25) is 0 Å². The maximum Gasteiger partial charge on any atom is 0.254 e. The molecule has 6 amide bonds. The van der Waals surface area contributed by atoms with Crippen molar-refractivity contribution in [2.75, 3.05) is 58.8 Å². The topological polar surface area (TPSA) is 412 Å². The molecule has 0 aliphatic carbocycles. The van der Waals surface area contributed by atoms with Crippen LogP contribution in [0.15, 0.2) is 42.5 Å². The minimum absolute atomic E-state index is 0.0672.